The molecule has 0 radical (unpaired) electrons. The summed E-state index contributed by atoms with van der Waals surface area (Å²) in [4.78, 5) is 25.8. The number of fused-ring (bicyclic) bond motifs is 1. The van der Waals surface area contributed by atoms with E-state index >= 15 is 0 Å². The van der Waals surface area contributed by atoms with Gasteiger partial charge in [-0.05, 0) is 38.5 Å². The van der Waals surface area contributed by atoms with Crippen LogP contribution in [0.2, 0.25) is 0 Å². The second-order valence-electron chi connectivity index (χ2n) is 6.38. The van der Waals surface area contributed by atoms with Crippen LogP contribution in [0.15, 0.2) is 30.3 Å². The van der Waals surface area contributed by atoms with Crippen LogP contribution < -0.4 is 4.90 Å². The Morgan fingerprint density at radius 2 is 2.04 bits per heavy atom. The summed E-state index contributed by atoms with van der Waals surface area (Å²) in [6.07, 6.45) is 0.280. The third kappa shape index (κ3) is 2.79. The second kappa shape index (κ2) is 6.11. The molecule has 0 spiro atoms. The average molecular weight is 327 g/mol. The zero-order valence-electron chi connectivity index (χ0n) is 14.1. The molecule has 1 aliphatic heterocycles. The van der Waals surface area contributed by atoms with Crippen LogP contribution in [0.25, 0.3) is 0 Å². The number of hydrogen-bond acceptors (Lipinski definition) is 3. The van der Waals surface area contributed by atoms with E-state index in [1.54, 1.807) is 17.0 Å². The molecule has 6 heteroatoms. The Hall–Kier alpha value is -2.63. The molecule has 0 fully saturated rings. The summed E-state index contributed by atoms with van der Waals surface area (Å²) in [6, 6.07) is 9.12. The Morgan fingerprint density at radius 3 is 2.67 bits per heavy atom. The third-order valence-corrected chi connectivity index (χ3v) is 4.50. The van der Waals surface area contributed by atoms with Gasteiger partial charge in [-0.2, -0.15) is 5.10 Å². The molecule has 0 saturated heterocycles. The van der Waals surface area contributed by atoms with Gasteiger partial charge in [0.15, 0.2) is 0 Å². The Labute approximate surface area is 140 Å². The summed E-state index contributed by atoms with van der Waals surface area (Å²) in [5.74, 6) is -1.63. The maximum absolute atomic E-state index is 12.8. The highest BCUT2D eigenvalue weighted by Crippen LogP contribution is 2.37. The fourth-order valence-corrected chi connectivity index (χ4v) is 3.40. The first-order valence-corrected chi connectivity index (χ1v) is 8.03. The summed E-state index contributed by atoms with van der Waals surface area (Å²) < 4.78 is 1.85. The van der Waals surface area contributed by atoms with E-state index in [0.717, 1.165) is 11.4 Å². The number of benzene rings is 1. The van der Waals surface area contributed by atoms with E-state index < -0.39 is 11.9 Å². The lowest BCUT2D eigenvalue weighted by atomic mass is 10.0. The molecule has 2 atom stereocenters. The average Bonchev–Trinajstić information content (AvgIpc) is 3.07. The number of rotatable bonds is 4. The normalized spacial score (nSPS) is 17.6. The number of carbonyl (C=O) groups excluding carboxylic acids is 1. The molecule has 2 heterocycles. The zero-order valence-corrected chi connectivity index (χ0v) is 14.1. The molecule has 1 aromatic carbocycles. The summed E-state index contributed by atoms with van der Waals surface area (Å²) in [5.41, 5.74) is 3.34. The van der Waals surface area contributed by atoms with Gasteiger partial charge in [0, 0.05) is 24.3 Å². The monoisotopic (exact) mass is 327 g/mol. The van der Waals surface area contributed by atoms with E-state index in [1.807, 2.05) is 43.7 Å². The summed E-state index contributed by atoms with van der Waals surface area (Å²) in [7, 11) is 0. The molecular weight excluding hydrogens is 306 g/mol. The number of aryl methyl sites for hydroxylation is 2. The van der Waals surface area contributed by atoms with Crippen molar-refractivity contribution in [1.82, 2.24) is 9.78 Å². The van der Waals surface area contributed by atoms with Gasteiger partial charge in [-0.25, -0.2) is 0 Å². The molecule has 126 valence electrons. The molecule has 2 aromatic rings. The van der Waals surface area contributed by atoms with Crippen LogP contribution in [0.5, 0.6) is 0 Å². The number of anilines is 1. The number of carboxylic acid groups (broad SMARTS) is 1. The molecule has 24 heavy (non-hydrogen) atoms. The standard InChI is InChI=1S/C18H21N3O3/c1-11-8-12(2)21(19-11)13(3)9-17(22)20-10-15(18(23)24)14-6-4-5-7-16(14)20/h4-8,13,15H,9-10H2,1-3H3,(H,23,24)/t13-,15-/m1/s1. The number of hydrogen-bond donors (Lipinski definition) is 1. The number of amides is 1. The second-order valence-corrected chi connectivity index (χ2v) is 6.38. The maximum Gasteiger partial charge on any atom is 0.312 e. The number of carbonyl (C=O) groups is 2. The van der Waals surface area contributed by atoms with Crippen molar-refractivity contribution in [2.24, 2.45) is 0 Å². The maximum atomic E-state index is 12.8. The van der Waals surface area contributed by atoms with Crippen LogP contribution in [0.1, 0.15) is 42.3 Å². The number of para-hydroxylation sites is 1. The van der Waals surface area contributed by atoms with Crippen LogP contribution >= 0.6 is 0 Å². The number of nitrogens with zero attached hydrogens (tertiary/aromatic N) is 3. The van der Waals surface area contributed by atoms with Crippen molar-refractivity contribution in [1.29, 1.82) is 0 Å². The Bertz CT molecular complexity index is 797. The van der Waals surface area contributed by atoms with Crippen LogP contribution in [0.4, 0.5) is 5.69 Å². The van der Waals surface area contributed by atoms with E-state index in [0.29, 0.717) is 11.3 Å². The smallest absolute Gasteiger partial charge is 0.312 e. The van der Waals surface area contributed by atoms with Crippen molar-refractivity contribution in [3.63, 3.8) is 0 Å². The van der Waals surface area contributed by atoms with Crippen LogP contribution in [0.3, 0.4) is 0 Å². The Kier molecular flexibility index (Phi) is 4.13. The third-order valence-electron chi connectivity index (χ3n) is 4.50. The predicted octanol–water partition coefficient (Wildman–Crippen LogP) is 2.67. The van der Waals surface area contributed by atoms with Crippen LogP contribution in [0, 0.1) is 13.8 Å². The van der Waals surface area contributed by atoms with Crippen molar-refractivity contribution < 1.29 is 14.7 Å². The van der Waals surface area contributed by atoms with Gasteiger partial charge in [0.05, 0.1) is 11.7 Å². The fraction of sp³-hybridized carbons (Fsp3) is 0.389. The molecule has 1 amide bonds. The first kappa shape index (κ1) is 16.2. The lowest BCUT2D eigenvalue weighted by Crippen LogP contribution is -2.32. The van der Waals surface area contributed by atoms with Crippen LogP contribution in [-0.2, 0) is 9.59 Å². The van der Waals surface area contributed by atoms with E-state index in [4.69, 9.17) is 0 Å². The predicted molar refractivity (Wildman–Crippen MR) is 90.2 cm³/mol. The Balaban J connectivity index is 1.81. The molecule has 3 rings (SSSR count). The zero-order chi connectivity index (χ0) is 17.4. The van der Waals surface area contributed by atoms with Gasteiger partial charge >= 0.3 is 5.97 Å². The van der Waals surface area contributed by atoms with Gasteiger partial charge in [-0.3, -0.25) is 14.3 Å². The minimum absolute atomic E-state index is 0.0775. The summed E-state index contributed by atoms with van der Waals surface area (Å²) in [6.45, 7) is 6.03. The van der Waals surface area contributed by atoms with Crippen molar-refractivity contribution >= 4 is 17.6 Å². The lowest BCUT2D eigenvalue weighted by Gasteiger charge is -2.21. The van der Waals surface area contributed by atoms with Gasteiger partial charge in [0.1, 0.15) is 5.92 Å². The first-order valence-electron chi connectivity index (χ1n) is 8.03. The van der Waals surface area contributed by atoms with Crippen molar-refractivity contribution in [3.8, 4) is 0 Å². The fourth-order valence-electron chi connectivity index (χ4n) is 3.40. The van der Waals surface area contributed by atoms with Crippen LogP contribution in [-0.4, -0.2) is 33.3 Å². The quantitative estimate of drug-likeness (QED) is 0.937. The molecule has 6 nitrogen and oxygen atoms in total. The molecule has 0 bridgehead atoms. The van der Waals surface area contributed by atoms with Crippen molar-refractivity contribution in [2.75, 3.05) is 11.4 Å². The van der Waals surface area contributed by atoms with Gasteiger partial charge in [-0.1, -0.05) is 18.2 Å². The Morgan fingerprint density at radius 1 is 1.33 bits per heavy atom. The van der Waals surface area contributed by atoms with Gasteiger partial charge < -0.3 is 10.0 Å². The molecule has 0 unspecified atom stereocenters. The molecular formula is C18H21N3O3. The van der Waals surface area contributed by atoms with E-state index in [9.17, 15) is 14.7 Å². The highest BCUT2D eigenvalue weighted by molar-refractivity contribution is 5.99. The summed E-state index contributed by atoms with van der Waals surface area (Å²) in [5, 5.41) is 13.8. The van der Waals surface area contributed by atoms with Gasteiger partial charge in [0.25, 0.3) is 0 Å². The largest absolute Gasteiger partial charge is 0.481 e. The highest BCUT2D eigenvalue weighted by Gasteiger charge is 2.36. The first-order chi connectivity index (χ1) is 11.4. The van der Waals surface area contributed by atoms with Gasteiger partial charge in [-0.15, -0.1) is 0 Å². The van der Waals surface area contributed by atoms with Crippen molar-refractivity contribution in [3.05, 3.63) is 47.3 Å². The van der Waals surface area contributed by atoms with E-state index in [2.05, 4.69) is 5.10 Å². The number of carboxylic acids is 1. The van der Waals surface area contributed by atoms with E-state index in [-0.39, 0.29) is 24.9 Å². The van der Waals surface area contributed by atoms with Gasteiger partial charge in [0.2, 0.25) is 5.91 Å². The minimum Gasteiger partial charge on any atom is -0.481 e. The van der Waals surface area contributed by atoms with E-state index in [1.165, 1.54) is 0 Å². The molecule has 1 N–H and O–H groups in total. The minimum atomic E-state index is -0.899. The topological polar surface area (TPSA) is 75.4 Å². The molecule has 0 aliphatic carbocycles. The SMILES string of the molecule is Cc1cc(C)n([C@H](C)CC(=O)N2C[C@@H](C(=O)O)c3ccccc32)n1. The highest BCUT2D eigenvalue weighted by atomic mass is 16.4. The lowest BCUT2D eigenvalue weighted by molar-refractivity contribution is -0.138. The molecule has 1 aromatic heterocycles. The molecule has 1 aliphatic rings. The summed E-state index contributed by atoms with van der Waals surface area (Å²) >= 11 is 0. The number of aliphatic carboxylic acids is 1. The number of aromatic nitrogens is 2. The van der Waals surface area contributed by atoms with Crippen molar-refractivity contribution in [2.45, 2.75) is 39.2 Å². The molecule has 0 saturated carbocycles.